The second-order valence-electron chi connectivity index (χ2n) is 7.62. The van der Waals surface area contributed by atoms with Crippen LogP contribution >= 0.6 is 11.3 Å². The monoisotopic (exact) mass is 374 g/mol. The fourth-order valence-electron chi connectivity index (χ4n) is 4.35. The predicted molar refractivity (Wildman–Crippen MR) is 104 cm³/mol. The van der Waals surface area contributed by atoms with Crippen molar-refractivity contribution < 1.29 is 4.79 Å². The number of aryl methyl sites for hydroxylation is 3. The molecule has 4 rings (SSSR count). The van der Waals surface area contributed by atoms with Crippen molar-refractivity contribution in [1.82, 2.24) is 14.9 Å². The molecule has 0 aromatic carbocycles. The van der Waals surface area contributed by atoms with E-state index in [0.29, 0.717) is 13.1 Å². The quantitative estimate of drug-likeness (QED) is 0.839. The molecule has 1 saturated carbocycles. The predicted octanol–water partition coefficient (Wildman–Crippen LogP) is 2.11. The summed E-state index contributed by atoms with van der Waals surface area (Å²) in [5.74, 6) is -0.0308. The summed E-state index contributed by atoms with van der Waals surface area (Å²) in [6.07, 6.45) is 10.3. The van der Waals surface area contributed by atoms with Crippen LogP contribution in [0.2, 0.25) is 0 Å². The maximum atomic E-state index is 12.9. The van der Waals surface area contributed by atoms with Crippen molar-refractivity contribution in [2.24, 2.45) is 5.73 Å². The second kappa shape index (κ2) is 7.12. The average molecular weight is 375 g/mol. The summed E-state index contributed by atoms with van der Waals surface area (Å²) in [4.78, 5) is 32.0. The van der Waals surface area contributed by atoms with E-state index in [4.69, 9.17) is 5.73 Å². The highest BCUT2D eigenvalue weighted by Gasteiger charge is 2.33. The lowest BCUT2D eigenvalue weighted by Gasteiger charge is -2.28. The van der Waals surface area contributed by atoms with E-state index in [-0.39, 0.29) is 23.4 Å². The van der Waals surface area contributed by atoms with Crippen molar-refractivity contribution in [1.29, 1.82) is 0 Å². The molecule has 0 atom stereocenters. The van der Waals surface area contributed by atoms with Crippen LogP contribution in [0.15, 0.2) is 11.1 Å². The van der Waals surface area contributed by atoms with Crippen molar-refractivity contribution in [3.63, 3.8) is 0 Å². The number of carbonyl (C=O) groups excluding carboxylic acids is 1. The van der Waals surface area contributed by atoms with Gasteiger partial charge in [0.25, 0.3) is 5.56 Å². The molecular formula is C19H26N4O2S. The minimum atomic E-state index is -0.239. The van der Waals surface area contributed by atoms with Gasteiger partial charge in [0, 0.05) is 24.4 Å². The van der Waals surface area contributed by atoms with Crippen LogP contribution in [-0.4, -0.2) is 27.5 Å². The number of hydrogen-bond acceptors (Lipinski definition) is 5. The van der Waals surface area contributed by atoms with Crippen LogP contribution < -0.4 is 16.6 Å². The molecule has 0 radical (unpaired) electrons. The third kappa shape index (κ3) is 3.18. The second-order valence-corrected chi connectivity index (χ2v) is 8.71. The zero-order valence-corrected chi connectivity index (χ0v) is 15.9. The summed E-state index contributed by atoms with van der Waals surface area (Å²) >= 11 is 1.65. The van der Waals surface area contributed by atoms with Gasteiger partial charge in [-0.25, -0.2) is 4.98 Å². The molecule has 6 nitrogen and oxygen atoms in total. The normalized spacial score (nSPS) is 18.8. The number of amides is 1. The van der Waals surface area contributed by atoms with E-state index >= 15 is 0 Å². The highest BCUT2D eigenvalue weighted by atomic mass is 32.1. The maximum Gasteiger partial charge on any atom is 0.262 e. The maximum absolute atomic E-state index is 12.9. The average Bonchev–Trinajstić information content (AvgIpc) is 3.26. The van der Waals surface area contributed by atoms with E-state index in [1.54, 1.807) is 22.2 Å². The summed E-state index contributed by atoms with van der Waals surface area (Å²) in [6.45, 7) is 0.839. The van der Waals surface area contributed by atoms with E-state index in [0.717, 1.165) is 55.2 Å². The molecule has 0 aliphatic heterocycles. The number of fused-ring (bicyclic) bond motifs is 3. The van der Waals surface area contributed by atoms with Crippen LogP contribution in [-0.2, 0) is 24.2 Å². The lowest BCUT2D eigenvalue weighted by atomic mass is 9.97. The van der Waals surface area contributed by atoms with Gasteiger partial charge in [0.05, 0.1) is 17.3 Å². The summed E-state index contributed by atoms with van der Waals surface area (Å²) < 4.78 is 1.59. The molecule has 2 aromatic rings. The Bertz CT molecular complexity index is 880. The Kier molecular flexibility index (Phi) is 4.84. The molecule has 0 unspecified atom stereocenters. The number of nitrogens with one attached hydrogen (secondary N) is 1. The highest BCUT2D eigenvalue weighted by Crippen LogP contribution is 2.33. The summed E-state index contributed by atoms with van der Waals surface area (Å²) in [5.41, 5.74) is 6.84. The summed E-state index contributed by atoms with van der Waals surface area (Å²) in [5, 5.41) is 3.90. The Labute approximate surface area is 156 Å². The smallest absolute Gasteiger partial charge is 0.262 e. The van der Waals surface area contributed by atoms with Gasteiger partial charge in [0.1, 0.15) is 4.83 Å². The number of carbonyl (C=O) groups is 1. The number of hydrogen-bond donors (Lipinski definition) is 2. The molecule has 26 heavy (non-hydrogen) atoms. The molecule has 2 aliphatic carbocycles. The molecular weight excluding hydrogens is 348 g/mol. The number of aromatic nitrogens is 2. The largest absolute Gasteiger partial charge is 0.349 e. The van der Waals surface area contributed by atoms with Gasteiger partial charge in [-0.05, 0) is 44.1 Å². The lowest BCUT2D eigenvalue weighted by molar-refractivity contribution is -0.123. The van der Waals surface area contributed by atoms with Crippen molar-refractivity contribution >= 4 is 27.5 Å². The van der Waals surface area contributed by atoms with Gasteiger partial charge >= 0.3 is 0 Å². The van der Waals surface area contributed by atoms with Gasteiger partial charge in [-0.3, -0.25) is 14.2 Å². The first-order valence-corrected chi connectivity index (χ1v) is 10.4. The van der Waals surface area contributed by atoms with Crippen LogP contribution in [0, 0.1) is 0 Å². The number of thiophene rings is 1. The van der Waals surface area contributed by atoms with E-state index in [1.165, 1.54) is 16.9 Å². The minimum Gasteiger partial charge on any atom is -0.349 e. The van der Waals surface area contributed by atoms with E-state index in [2.05, 4.69) is 10.3 Å². The molecule has 140 valence electrons. The molecule has 3 N–H and O–H groups in total. The van der Waals surface area contributed by atoms with E-state index in [9.17, 15) is 9.59 Å². The molecule has 0 bridgehead atoms. The number of nitrogens with two attached hydrogens (primary N) is 1. The van der Waals surface area contributed by atoms with Gasteiger partial charge in [0.15, 0.2) is 0 Å². The molecule has 7 heteroatoms. The first kappa shape index (κ1) is 17.7. The van der Waals surface area contributed by atoms with Crippen LogP contribution in [0.4, 0.5) is 0 Å². The third-order valence-corrected chi connectivity index (χ3v) is 7.08. The minimum absolute atomic E-state index is 0.00314. The standard InChI is InChI=1S/C19H26N4O2S/c20-11-19(8-3-4-9-19)22-15(24)7-10-23-12-21-17-16(18(23)25)13-5-1-2-6-14(13)26-17/h12H,1-11,20H2,(H,22,24). The number of rotatable bonds is 5. The first-order chi connectivity index (χ1) is 12.6. The van der Waals surface area contributed by atoms with E-state index < -0.39 is 0 Å². The summed E-state index contributed by atoms with van der Waals surface area (Å²) in [7, 11) is 0. The zero-order chi connectivity index (χ0) is 18.1. The van der Waals surface area contributed by atoms with E-state index in [1.807, 2.05) is 0 Å². The molecule has 0 spiro atoms. The van der Waals surface area contributed by atoms with Gasteiger partial charge < -0.3 is 11.1 Å². The lowest BCUT2D eigenvalue weighted by Crippen LogP contribution is -2.51. The first-order valence-electron chi connectivity index (χ1n) is 9.63. The van der Waals surface area contributed by atoms with Crippen LogP contribution in [0.5, 0.6) is 0 Å². The van der Waals surface area contributed by atoms with Crippen LogP contribution in [0.3, 0.4) is 0 Å². The summed E-state index contributed by atoms with van der Waals surface area (Å²) in [6, 6.07) is 0. The topological polar surface area (TPSA) is 90.0 Å². The van der Waals surface area contributed by atoms with Crippen molar-refractivity contribution in [3.8, 4) is 0 Å². The van der Waals surface area contributed by atoms with Gasteiger partial charge in [-0.15, -0.1) is 11.3 Å². The molecule has 2 heterocycles. The van der Waals surface area contributed by atoms with Gasteiger partial charge in [0.2, 0.25) is 5.91 Å². The van der Waals surface area contributed by atoms with Crippen LogP contribution in [0.25, 0.3) is 10.2 Å². The Morgan fingerprint density at radius 3 is 2.81 bits per heavy atom. The highest BCUT2D eigenvalue weighted by molar-refractivity contribution is 7.18. The molecule has 1 fully saturated rings. The Morgan fingerprint density at radius 2 is 2.04 bits per heavy atom. The Balaban J connectivity index is 1.50. The van der Waals surface area contributed by atoms with Gasteiger partial charge in [-0.2, -0.15) is 0 Å². The number of nitrogens with zero attached hydrogens (tertiary/aromatic N) is 2. The van der Waals surface area contributed by atoms with Gasteiger partial charge in [-0.1, -0.05) is 12.8 Å². The van der Waals surface area contributed by atoms with Crippen molar-refractivity contribution in [3.05, 3.63) is 27.1 Å². The fourth-order valence-corrected chi connectivity index (χ4v) is 5.57. The Hall–Kier alpha value is -1.73. The molecule has 1 amide bonds. The SMILES string of the molecule is NCC1(NC(=O)CCn2cnc3sc4c(c3c2=O)CCCC4)CCCC1. The molecule has 2 aromatic heterocycles. The third-order valence-electron chi connectivity index (χ3n) is 5.88. The van der Waals surface area contributed by atoms with Crippen molar-refractivity contribution in [2.75, 3.05) is 6.54 Å². The Morgan fingerprint density at radius 1 is 1.27 bits per heavy atom. The molecule has 0 saturated heterocycles. The van der Waals surface area contributed by atoms with Crippen molar-refractivity contribution in [2.45, 2.75) is 69.9 Å². The van der Waals surface area contributed by atoms with Crippen LogP contribution in [0.1, 0.15) is 55.4 Å². The zero-order valence-electron chi connectivity index (χ0n) is 15.1. The fraction of sp³-hybridized carbons (Fsp3) is 0.632. The molecule has 2 aliphatic rings.